The van der Waals surface area contributed by atoms with E-state index in [4.69, 9.17) is 9.47 Å². The van der Waals surface area contributed by atoms with Crippen molar-refractivity contribution >= 4 is 17.2 Å². The number of ether oxygens (including phenoxy) is 2. The lowest BCUT2D eigenvalue weighted by molar-refractivity contribution is 0.0944. The van der Waals surface area contributed by atoms with Crippen LogP contribution in [-0.2, 0) is 0 Å². The first-order chi connectivity index (χ1) is 11.0. The molecule has 0 saturated carbocycles. The highest BCUT2D eigenvalue weighted by Crippen LogP contribution is 2.30. The predicted molar refractivity (Wildman–Crippen MR) is 93.7 cm³/mol. The van der Waals surface area contributed by atoms with E-state index >= 15 is 0 Å². The maximum absolute atomic E-state index is 12.2. The number of nitrogens with one attached hydrogen (secondary N) is 1. The van der Waals surface area contributed by atoms with Crippen molar-refractivity contribution < 1.29 is 14.3 Å². The molecule has 0 aliphatic rings. The molecule has 0 fully saturated rings. The van der Waals surface area contributed by atoms with E-state index in [1.54, 1.807) is 7.11 Å². The average molecular weight is 333 g/mol. The normalized spacial score (nSPS) is 11.8. The van der Waals surface area contributed by atoms with Gasteiger partial charge in [-0.1, -0.05) is 13.0 Å². The fourth-order valence-electron chi connectivity index (χ4n) is 2.19. The third-order valence-corrected chi connectivity index (χ3v) is 4.46. The van der Waals surface area contributed by atoms with Crippen LogP contribution < -0.4 is 14.8 Å². The second kappa shape index (κ2) is 8.02. The minimum Gasteiger partial charge on any atom is -0.493 e. The molecule has 0 spiro atoms. The van der Waals surface area contributed by atoms with Crippen LogP contribution in [0.3, 0.4) is 0 Å². The van der Waals surface area contributed by atoms with E-state index in [0.29, 0.717) is 12.4 Å². The molecule has 4 nitrogen and oxygen atoms in total. The quantitative estimate of drug-likeness (QED) is 0.819. The van der Waals surface area contributed by atoms with Gasteiger partial charge >= 0.3 is 0 Å². The van der Waals surface area contributed by atoms with Crippen LogP contribution in [0.5, 0.6) is 11.5 Å². The van der Waals surface area contributed by atoms with Gasteiger partial charge in [-0.2, -0.15) is 0 Å². The van der Waals surface area contributed by atoms with E-state index in [2.05, 4.69) is 12.2 Å². The SMILES string of the molecule is CCCOc1ccc(C(C)NC(=O)c2ccc(C)s2)cc1OC. The Hall–Kier alpha value is -2.01. The van der Waals surface area contributed by atoms with Crippen LogP contribution in [0.2, 0.25) is 0 Å². The summed E-state index contributed by atoms with van der Waals surface area (Å²) in [6.45, 7) is 6.66. The molecule has 5 heteroatoms. The van der Waals surface area contributed by atoms with E-state index in [-0.39, 0.29) is 11.9 Å². The summed E-state index contributed by atoms with van der Waals surface area (Å²) in [5, 5.41) is 3.01. The summed E-state index contributed by atoms with van der Waals surface area (Å²) in [6, 6.07) is 9.45. The molecular formula is C18H23NO3S. The standard InChI is InChI=1S/C18H23NO3S/c1-5-10-22-15-8-7-14(11-16(15)21-4)13(3)19-18(20)17-9-6-12(2)23-17/h6-9,11,13H,5,10H2,1-4H3,(H,19,20). The second-order valence-electron chi connectivity index (χ2n) is 5.36. The first-order valence-electron chi connectivity index (χ1n) is 7.73. The highest BCUT2D eigenvalue weighted by molar-refractivity contribution is 7.13. The zero-order valence-electron chi connectivity index (χ0n) is 14.0. The van der Waals surface area contributed by atoms with Crippen molar-refractivity contribution in [2.24, 2.45) is 0 Å². The Bertz CT molecular complexity index is 666. The van der Waals surface area contributed by atoms with Crippen LogP contribution in [-0.4, -0.2) is 19.6 Å². The molecule has 0 radical (unpaired) electrons. The van der Waals surface area contributed by atoms with Gasteiger partial charge in [-0.25, -0.2) is 0 Å². The molecule has 124 valence electrons. The van der Waals surface area contributed by atoms with E-state index in [1.165, 1.54) is 11.3 Å². The summed E-state index contributed by atoms with van der Waals surface area (Å²) < 4.78 is 11.0. The summed E-state index contributed by atoms with van der Waals surface area (Å²) >= 11 is 1.50. The lowest BCUT2D eigenvalue weighted by Crippen LogP contribution is -2.25. The molecule has 0 aliphatic carbocycles. The summed E-state index contributed by atoms with van der Waals surface area (Å²) in [7, 11) is 1.62. The minimum atomic E-state index is -0.112. The molecule has 0 aliphatic heterocycles. The molecule has 23 heavy (non-hydrogen) atoms. The van der Waals surface area contributed by atoms with Crippen molar-refractivity contribution in [2.45, 2.75) is 33.2 Å². The molecule has 1 heterocycles. The molecule has 1 atom stereocenters. The lowest BCUT2D eigenvalue weighted by atomic mass is 10.1. The highest BCUT2D eigenvalue weighted by atomic mass is 32.1. The monoisotopic (exact) mass is 333 g/mol. The molecule has 2 rings (SSSR count). The Morgan fingerprint density at radius 1 is 1.26 bits per heavy atom. The van der Waals surface area contributed by atoms with Gasteiger partial charge in [-0.3, -0.25) is 4.79 Å². The molecule has 0 bridgehead atoms. The van der Waals surface area contributed by atoms with Gasteiger partial charge in [0, 0.05) is 4.88 Å². The predicted octanol–water partition coefficient (Wildman–Crippen LogP) is 4.34. The van der Waals surface area contributed by atoms with Gasteiger partial charge < -0.3 is 14.8 Å². The van der Waals surface area contributed by atoms with Gasteiger partial charge in [0.15, 0.2) is 11.5 Å². The van der Waals surface area contributed by atoms with Gasteiger partial charge in [0.2, 0.25) is 0 Å². The summed E-state index contributed by atoms with van der Waals surface area (Å²) in [5.74, 6) is 1.36. The Balaban J connectivity index is 2.09. The molecule has 2 aromatic rings. The smallest absolute Gasteiger partial charge is 0.261 e. The molecule has 0 saturated heterocycles. The molecule has 1 N–H and O–H groups in total. The fourth-order valence-corrected chi connectivity index (χ4v) is 2.96. The van der Waals surface area contributed by atoms with Gasteiger partial charge in [-0.05, 0) is 50.1 Å². The van der Waals surface area contributed by atoms with Crippen LogP contribution in [0, 0.1) is 6.92 Å². The molecular weight excluding hydrogens is 310 g/mol. The van der Waals surface area contributed by atoms with Crippen LogP contribution >= 0.6 is 11.3 Å². The van der Waals surface area contributed by atoms with E-state index < -0.39 is 0 Å². The van der Waals surface area contributed by atoms with Gasteiger partial charge in [-0.15, -0.1) is 11.3 Å². The van der Waals surface area contributed by atoms with Crippen molar-refractivity contribution in [3.63, 3.8) is 0 Å². The van der Waals surface area contributed by atoms with Crippen LogP contribution in [0.1, 0.15) is 46.4 Å². The van der Waals surface area contributed by atoms with E-state index in [9.17, 15) is 4.79 Å². The van der Waals surface area contributed by atoms with Crippen LogP contribution in [0.4, 0.5) is 0 Å². The maximum Gasteiger partial charge on any atom is 0.261 e. The maximum atomic E-state index is 12.2. The van der Waals surface area contributed by atoms with Gasteiger partial charge in [0.25, 0.3) is 5.91 Å². The number of hydrogen-bond acceptors (Lipinski definition) is 4. The number of rotatable bonds is 7. The van der Waals surface area contributed by atoms with Gasteiger partial charge in [0.1, 0.15) is 0 Å². The number of thiophene rings is 1. The molecule has 1 amide bonds. The van der Waals surface area contributed by atoms with Crippen LogP contribution in [0.15, 0.2) is 30.3 Å². The fraction of sp³-hybridized carbons (Fsp3) is 0.389. The minimum absolute atomic E-state index is 0.0547. The molecule has 1 unspecified atom stereocenters. The number of hydrogen-bond donors (Lipinski definition) is 1. The number of carbonyl (C=O) groups excluding carboxylic acids is 1. The van der Waals surface area contributed by atoms with Gasteiger partial charge in [0.05, 0.1) is 24.6 Å². The Morgan fingerprint density at radius 2 is 2.04 bits per heavy atom. The number of amides is 1. The van der Waals surface area contributed by atoms with Crippen LogP contribution in [0.25, 0.3) is 0 Å². The van der Waals surface area contributed by atoms with Crippen molar-refractivity contribution in [1.82, 2.24) is 5.32 Å². The zero-order valence-corrected chi connectivity index (χ0v) is 14.8. The van der Waals surface area contributed by atoms with Crippen molar-refractivity contribution in [3.05, 3.63) is 45.6 Å². The first-order valence-corrected chi connectivity index (χ1v) is 8.54. The molecule has 1 aromatic carbocycles. The summed E-state index contributed by atoms with van der Waals surface area (Å²) in [6.07, 6.45) is 0.942. The average Bonchev–Trinajstić information content (AvgIpc) is 2.99. The van der Waals surface area contributed by atoms with Crippen molar-refractivity contribution in [2.75, 3.05) is 13.7 Å². The number of aryl methyl sites for hydroxylation is 1. The van der Waals surface area contributed by atoms with Crippen molar-refractivity contribution in [1.29, 1.82) is 0 Å². The number of methoxy groups -OCH3 is 1. The first kappa shape index (κ1) is 17.3. The summed E-state index contributed by atoms with van der Waals surface area (Å²) in [5.41, 5.74) is 0.979. The Morgan fingerprint density at radius 3 is 2.65 bits per heavy atom. The summed E-state index contributed by atoms with van der Waals surface area (Å²) in [4.78, 5) is 14.1. The highest BCUT2D eigenvalue weighted by Gasteiger charge is 2.15. The van der Waals surface area contributed by atoms with Crippen molar-refractivity contribution in [3.8, 4) is 11.5 Å². The topological polar surface area (TPSA) is 47.6 Å². The Kier molecular flexibility index (Phi) is 6.04. The Labute approximate surface area is 141 Å². The number of benzene rings is 1. The lowest BCUT2D eigenvalue weighted by Gasteiger charge is -2.17. The van der Waals surface area contributed by atoms with E-state index in [1.807, 2.05) is 44.2 Å². The third kappa shape index (κ3) is 4.48. The van der Waals surface area contributed by atoms with E-state index in [0.717, 1.165) is 27.5 Å². The molecule has 1 aromatic heterocycles. The number of carbonyl (C=O) groups is 1. The second-order valence-corrected chi connectivity index (χ2v) is 6.65. The third-order valence-electron chi connectivity index (χ3n) is 3.46. The largest absolute Gasteiger partial charge is 0.493 e. The zero-order chi connectivity index (χ0) is 16.8.